The number of hydrogen-bond acceptors (Lipinski definition) is 3. The molecule has 0 saturated heterocycles. The Morgan fingerprint density at radius 1 is 0.900 bits per heavy atom. The number of hydrogen-bond donors (Lipinski definition) is 2. The molecule has 30 heavy (non-hydrogen) atoms. The van der Waals surface area contributed by atoms with Crippen LogP contribution in [0.3, 0.4) is 0 Å². The Kier molecular flexibility index (Phi) is 4.89. The van der Waals surface area contributed by atoms with Crippen molar-refractivity contribution < 1.29 is 9.47 Å². The summed E-state index contributed by atoms with van der Waals surface area (Å²) in [4.78, 5) is 3.68. The van der Waals surface area contributed by atoms with Crippen LogP contribution in [0.4, 0.5) is 0 Å². The second kappa shape index (κ2) is 7.71. The number of fused-ring (bicyclic) bond motifs is 3. The molecular weight excluding hydrogens is 396 g/mol. The van der Waals surface area contributed by atoms with Gasteiger partial charge >= 0.3 is 0 Å². The fraction of sp³-hybridized carbons (Fsp3) is 0.200. The molecule has 1 aliphatic rings. The summed E-state index contributed by atoms with van der Waals surface area (Å²) in [6.07, 6.45) is 0. The van der Waals surface area contributed by atoms with Gasteiger partial charge in [-0.25, -0.2) is 0 Å². The zero-order valence-electron chi connectivity index (χ0n) is 16.9. The van der Waals surface area contributed by atoms with Crippen LogP contribution < -0.4 is 14.8 Å². The fourth-order valence-electron chi connectivity index (χ4n) is 4.62. The van der Waals surface area contributed by atoms with Gasteiger partial charge in [-0.05, 0) is 35.4 Å². The number of aromatic amines is 1. The molecule has 0 aliphatic carbocycles. The molecule has 5 heteroatoms. The molecule has 152 valence electrons. The van der Waals surface area contributed by atoms with E-state index in [9.17, 15) is 0 Å². The third kappa shape index (κ3) is 3.04. The van der Waals surface area contributed by atoms with Crippen molar-refractivity contribution in [2.75, 3.05) is 20.8 Å². The highest BCUT2D eigenvalue weighted by Gasteiger charge is 2.34. The minimum Gasteiger partial charge on any atom is -0.493 e. The first-order valence-electron chi connectivity index (χ1n) is 10.0. The number of ether oxygens (including phenoxy) is 2. The molecule has 3 aromatic carbocycles. The first-order chi connectivity index (χ1) is 14.7. The summed E-state index contributed by atoms with van der Waals surface area (Å²) < 4.78 is 11.3. The molecule has 0 amide bonds. The fourth-order valence-corrected chi connectivity index (χ4v) is 4.74. The molecule has 1 aromatic heterocycles. The minimum absolute atomic E-state index is 0.0671. The van der Waals surface area contributed by atoms with E-state index in [2.05, 4.69) is 52.8 Å². The predicted molar refractivity (Wildman–Crippen MR) is 121 cm³/mol. The van der Waals surface area contributed by atoms with E-state index in [1.807, 2.05) is 24.3 Å². The highest BCUT2D eigenvalue weighted by molar-refractivity contribution is 6.30. The van der Waals surface area contributed by atoms with E-state index in [1.54, 1.807) is 14.2 Å². The average Bonchev–Trinajstić information content (AvgIpc) is 3.18. The van der Waals surface area contributed by atoms with Gasteiger partial charge in [-0.1, -0.05) is 54.1 Å². The zero-order valence-corrected chi connectivity index (χ0v) is 17.7. The Morgan fingerprint density at radius 3 is 2.47 bits per heavy atom. The summed E-state index contributed by atoms with van der Waals surface area (Å²) in [6.45, 7) is 0.783. The van der Waals surface area contributed by atoms with E-state index in [-0.39, 0.29) is 12.0 Å². The first-order valence-corrected chi connectivity index (χ1v) is 10.4. The van der Waals surface area contributed by atoms with Gasteiger partial charge in [0.2, 0.25) is 0 Å². The normalized spacial score (nSPS) is 18.2. The number of nitrogens with one attached hydrogen (secondary N) is 2. The van der Waals surface area contributed by atoms with Crippen LogP contribution in [0, 0.1) is 0 Å². The maximum atomic E-state index is 6.13. The van der Waals surface area contributed by atoms with Crippen LogP contribution >= 0.6 is 11.6 Å². The lowest BCUT2D eigenvalue weighted by Crippen LogP contribution is -2.34. The molecule has 0 spiro atoms. The molecule has 5 rings (SSSR count). The molecule has 1 aliphatic heterocycles. The second-order valence-electron chi connectivity index (χ2n) is 7.53. The SMILES string of the molecule is COc1cccc([C@H]2CN[C@@H](c3ccc(Cl)cc3)c3[nH]c4ccccc4c32)c1OC. The summed E-state index contributed by atoms with van der Waals surface area (Å²) in [5.41, 5.74) is 5.92. The van der Waals surface area contributed by atoms with E-state index in [0.29, 0.717) is 0 Å². The third-order valence-electron chi connectivity index (χ3n) is 5.95. The molecule has 2 atom stereocenters. The maximum Gasteiger partial charge on any atom is 0.164 e. The summed E-state index contributed by atoms with van der Waals surface area (Å²) in [5.74, 6) is 1.66. The van der Waals surface area contributed by atoms with Gasteiger partial charge in [0.05, 0.1) is 20.3 Å². The second-order valence-corrected chi connectivity index (χ2v) is 7.96. The van der Waals surface area contributed by atoms with Crippen molar-refractivity contribution in [2.45, 2.75) is 12.0 Å². The van der Waals surface area contributed by atoms with Crippen LogP contribution in [0.25, 0.3) is 10.9 Å². The van der Waals surface area contributed by atoms with Gasteiger partial charge in [-0.15, -0.1) is 0 Å². The molecule has 4 aromatic rings. The number of aromatic nitrogens is 1. The highest BCUT2D eigenvalue weighted by atomic mass is 35.5. The summed E-state index contributed by atoms with van der Waals surface area (Å²) >= 11 is 6.13. The molecule has 0 saturated carbocycles. The number of benzene rings is 3. The Labute approximate surface area is 180 Å². The van der Waals surface area contributed by atoms with E-state index in [0.717, 1.165) is 34.1 Å². The smallest absolute Gasteiger partial charge is 0.164 e. The van der Waals surface area contributed by atoms with E-state index in [4.69, 9.17) is 21.1 Å². The van der Waals surface area contributed by atoms with Crippen molar-refractivity contribution in [2.24, 2.45) is 0 Å². The number of para-hydroxylation sites is 2. The average molecular weight is 419 g/mol. The molecule has 2 N–H and O–H groups in total. The van der Waals surface area contributed by atoms with Gasteiger partial charge in [0.15, 0.2) is 11.5 Å². The van der Waals surface area contributed by atoms with Gasteiger partial charge in [-0.2, -0.15) is 0 Å². The zero-order chi connectivity index (χ0) is 20.7. The molecule has 2 heterocycles. The summed E-state index contributed by atoms with van der Waals surface area (Å²) in [6, 6.07) is 22.7. The monoisotopic (exact) mass is 418 g/mol. The van der Waals surface area contributed by atoms with Gasteiger partial charge in [0.1, 0.15) is 0 Å². The van der Waals surface area contributed by atoms with Crippen LogP contribution in [-0.2, 0) is 0 Å². The lowest BCUT2D eigenvalue weighted by Gasteiger charge is -2.32. The van der Waals surface area contributed by atoms with Gasteiger partial charge in [-0.3, -0.25) is 0 Å². The molecule has 4 nitrogen and oxygen atoms in total. The Bertz CT molecular complexity index is 1200. The Hall–Kier alpha value is -2.95. The third-order valence-corrected chi connectivity index (χ3v) is 6.20. The van der Waals surface area contributed by atoms with Gasteiger partial charge in [0.25, 0.3) is 0 Å². The minimum atomic E-state index is 0.0671. The van der Waals surface area contributed by atoms with E-state index >= 15 is 0 Å². The largest absolute Gasteiger partial charge is 0.493 e. The van der Waals surface area contributed by atoms with Crippen LogP contribution in [-0.4, -0.2) is 25.7 Å². The van der Waals surface area contributed by atoms with Crippen LogP contribution in [0.15, 0.2) is 66.7 Å². The maximum absolute atomic E-state index is 6.13. The number of halogens is 1. The van der Waals surface area contributed by atoms with Gasteiger partial charge in [0, 0.05) is 39.6 Å². The van der Waals surface area contributed by atoms with Crippen molar-refractivity contribution in [3.8, 4) is 11.5 Å². The number of H-pyrrole nitrogens is 1. The molecule has 0 fully saturated rings. The highest BCUT2D eigenvalue weighted by Crippen LogP contribution is 2.45. The van der Waals surface area contributed by atoms with Crippen molar-refractivity contribution in [1.29, 1.82) is 0 Å². The standard InChI is InChI=1S/C25H23ClN2O2/c1-29-21-9-5-7-17(25(21)30-2)19-14-27-23(15-10-12-16(26)13-11-15)24-22(19)18-6-3-4-8-20(18)28-24/h3-13,19,23,27-28H,14H2,1-2H3/t19-,23+/m1/s1. The molecule has 0 bridgehead atoms. The summed E-state index contributed by atoms with van der Waals surface area (Å²) in [7, 11) is 3.37. The van der Waals surface area contributed by atoms with Crippen LogP contribution in [0.5, 0.6) is 11.5 Å². The van der Waals surface area contributed by atoms with Crippen molar-refractivity contribution in [3.05, 3.63) is 94.1 Å². The van der Waals surface area contributed by atoms with E-state index < -0.39 is 0 Å². The Balaban J connectivity index is 1.71. The lowest BCUT2D eigenvalue weighted by atomic mass is 9.82. The lowest BCUT2D eigenvalue weighted by molar-refractivity contribution is 0.349. The predicted octanol–water partition coefficient (Wildman–Crippen LogP) is 5.66. The first kappa shape index (κ1) is 19.0. The van der Waals surface area contributed by atoms with Gasteiger partial charge < -0.3 is 19.8 Å². The Morgan fingerprint density at radius 2 is 1.70 bits per heavy atom. The molecular formula is C25H23ClN2O2. The topological polar surface area (TPSA) is 46.3 Å². The van der Waals surface area contributed by atoms with Crippen LogP contribution in [0.2, 0.25) is 5.02 Å². The van der Waals surface area contributed by atoms with Crippen molar-refractivity contribution in [1.82, 2.24) is 10.3 Å². The molecule has 0 unspecified atom stereocenters. The molecule has 0 radical (unpaired) electrons. The van der Waals surface area contributed by atoms with Crippen molar-refractivity contribution >= 4 is 22.5 Å². The summed E-state index contributed by atoms with van der Waals surface area (Å²) in [5, 5.41) is 5.72. The van der Waals surface area contributed by atoms with Crippen molar-refractivity contribution in [3.63, 3.8) is 0 Å². The van der Waals surface area contributed by atoms with Crippen LogP contribution in [0.1, 0.15) is 34.3 Å². The van der Waals surface area contributed by atoms with E-state index in [1.165, 1.54) is 22.2 Å². The number of methoxy groups -OCH3 is 2. The quantitative estimate of drug-likeness (QED) is 0.449. The number of rotatable bonds is 4.